The van der Waals surface area contributed by atoms with E-state index in [0.29, 0.717) is 50.0 Å². The lowest BCUT2D eigenvalue weighted by atomic mass is 9.95. The first-order chi connectivity index (χ1) is 16.9. The summed E-state index contributed by atoms with van der Waals surface area (Å²) in [5.74, 6) is -0.338. The molecule has 2 aromatic rings. The number of ketones is 1. The third-order valence-electron chi connectivity index (χ3n) is 6.47. The summed E-state index contributed by atoms with van der Waals surface area (Å²) in [4.78, 5) is 33.4. The molecule has 0 spiro atoms. The van der Waals surface area contributed by atoms with E-state index < -0.39 is 17.7 Å². The third-order valence-corrected chi connectivity index (χ3v) is 6.47. The molecule has 8 heteroatoms. The number of Topliss-reactive ketones (excluding diaryl/α,β-unsaturated/α-hetero) is 1. The van der Waals surface area contributed by atoms with Crippen LogP contribution in [0.15, 0.2) is 48.3 Å². The number of pyridine rings is 1. The summed E-state index contributed by atoms with van der Waals surface area (Å²) in [5, 5.41) is 11.3. The van der Waals surface area contributed by atoms with Crippen LogP contribution in [0.2, 0.25) is 0 Å². The molecule has 0 bridgehead atoms. The van der Waals surface area contributed by atoms with Gasteiger partial charge >= 0.3 is 0 Å². The number of nitrogens with one attached hydrogen (secondary N) is 1. The van der Waals surface area contributed by atoms with Gasteiger partial charge in [-0.3, -0.25) is 14.6 Å². The minimum Gasteiger partial charge on any atom is -0.507 e. The minimum atomic E-state index is -0.693. The Hall–Kier alpha value is -3.23. The molecule has 2 N–H and O–H groups in total. The van der Waals surface area contributed by atoms with Gasteiger partial charge in [-0.25, -0.2) is 0 Å². The van der Waals surface area contributed by atoms with Gasteiger partial charge in [0.1, 0.15) is 24.6 Å². The van der Waals surface area contributed by atoms with Crippen LogP contribution >= 0.6 is 0 Å². The number of amides is 1. The average Bonchev–Trinajstić information content (AvgIpc) is 3.12. The minimum absolute atomic E-state index is 0.0928. The molecule has 0 radical (unpaired) electrons. The molecule has 1 atom stereocenters. The molecule has 0 aliphatic carbocycles. The van der Waals surface area contributed by atoms with E-state index in [-0.39, 0.29) is 11.3 Å². The highest BCUT2D eigenvalue weighted by molar-refractivity contribution is 6.46. The van der Waals surface area contributed by atoms with Crippen molar-refractivity contribution in [2.75, 3.05) is 46.0 Å². The van der Waals surface area contributed by atoms with E-state index in [1.165, 1.54) is 4.90 Å². The molecule has 1 aromatic heterocycles. The number of aromatic nitrogens is 1. The second-order valence-corrected chi connectivity index (χ2v) is 9.58. The monoisotopic (exact) mass is 480 g/mol. The van der Waals surface area contributed by atoms with Gasteiger partial charge in [0.2, 0.25) is 0 Å². The lowest BCUT2D eigenvalue weighted by molar-refractivity contribution is -0.907. The highest BCUT2D eigenvalue weighted by Crippen LogP contribution is 2.39. The molecule has 1 aromatic carbocycles. The Bertz CT molecular complexity index is 1090. The number of carbonyl (C=O) groups is 2. The fourth-order valence-corrected chi connectivity index (χ4v) is 4.55. The van der Waals surface area contributed by atoms with Crippen molar-refractivity contribution in [3.05, 3.63) is 65.0 Å². The maximum Gasteiger partial charge on any atom is 0.295 e. The van der Waals surface area contributed by atoms with Crippen molar-refractivity contribution in [1.29, 1.82) is 0 Å². The van der Waals surface area contributed by atoms with Crippen LogP contribution < -0.4 is 9.64 Å². The first kappa shape index (κ1) is 24.9. The molecule has 35 heavy (non-hydrogen) atoms. The second-order valence-electron chi connectivity index (χ2n) is 9.58. The van der Waals surface area contributed by atoms with E-state index >= 15 is 0 Å². The number of hydrogen-bond acceptors (Lipinski definition) is 6. The van der Waals surface area contributed by atoms with Gasteiger partial charge in [0, 0.05) is 18.0 Å². The van der Waals surface area contributed by atoms with E-state index in [1.54, 1.807) is 41.6 Å². The number of quaternary nitrogens is 1. The molecular formula is C27H34N3O5+. The molecule has 2 aliphatic heterocycles. The second kappa shape index (κ2) is 11.0. The number of hydrogen-bond donors (Lipinski definition) is 2. The predicted molar refractivity (Wildman–Crippen MR) is 131 cm³/mol. The maximum atomic E-state index is 13.2. The molecule has 1 unspecified atom stereocenters. The summed E-state index contributed by atoms with van der Waals surface area (Å²) in [6.45, 7) is 10.9. The third kappa shape index (κ3) is 5.55. The van der Waals surface area contributed by atoms with Crippen LogP contribution in [0.4, 0.5) is 0 Å². The molecule has 8 nitrogen and oxygen atoms in total. The summed E-state index contributed by atoms with van der Waals surface area (Å²) in [6, 6.07) is 8.22. The molecule has 2 fully saturated rings. The van der Waals surface area contributed by atoms with Gasteiger partial charge < -0.3 is 24.4 Å². The zero-order chi connectivity index (χ0) is 24.9. The smallest absolute Gasteiger partial charge is 0.295 e. The summed E-state index contributed by atoms with van der Waals surface area (Å²) in [6.07, 6.45) is 3.29. The van der Waals surface area contributed by atoms with Gasteiger partial charge in [-0.15, -0.1) is 0 Å². The van der Waals surface area contributed by atoms with Crippen LogP contribution in [-0.2, 0) is 14.3 Å². The van der Waals surface area contributed by atoms with Gasteiger partial charge in [-0.05, 0) is 48.2 Å². The maximum absolute atomic E-state index is 13.2. The average molecular weight is 481 g/mol. The number of benzene rings is 1. The van der Waals surface area contributed by atoms with Crippen molar-refractivity contribution in [3.63, 3.8) is 0 Å². The number of rotatable bonds is 8. The van der Waals surface area contributed by atoms with E-state index in [1.807, 2.05) is 13.0 Å². The molecule has 2 saturated heterocycles. The number of likely N-dealkylation sites (tertiary alicyclic amines) is 1. The Morgan fingerprint density at radius 3 is 2.69 bits per heavy atom. The SMILES string of the molecule is Cc1cc(C(O)=C2C(=O)C(=O)N(CC[NH+]3CCOCC3)C2c2cccnc2)ccc1OCC(C)C. The lowest BCUT2D eigenvalue weighted by Crippen LogP contribution is -3.14. The van der Waals surface area contributed by atoms with E-state index in [2.05, 4.69) is 18.8 Å². The van der Waals surface area contributed by atoms with Crippen molar-refractivity contribution in [2.24, 2.45) is 5.92 Å². The van der Waals surface area contributed by atoms with Crippen molar-refractivity contribution in [1.82, 2.24) is 9.88 Å². The van der Waals surface area contributed by atoms with Gasteiger partial charge in [0.25, 0.3) is 11.7 Å². The number of morpholine rings is 1. The molecule has 186 valence electrons. The van der Waals surface area contributed by atoms with Gasteiger partial charge in [0.15, 0.2) is 0 Å². The van der Waals surface area contributed by atoms with Crippen LogP contribution in [-0.4, -0.2) is 72.7 Å². The zero-order valence-corrected chi connectivity index (χ0v) is 20.6. The Labute approximate surface area is 206 Å². The van der Waals surface area contributed by atoms with Crippen LogP contribution in [0.3, 0.4) is 0 Å². The fraction of sp³-hybridized carbons (Fsp3) is 0.444. The Morgan fingerprint density at radius 1 is 1.26 bits per heavy atom. The largest absolute Gasteiger partial charge is 0.507 e. The molecular weight excluding hydrogens is 446 g/mol. The number of nitrogens with zero attached hydrogens (tertiary/aromatic N) is 2. The highest BCUT2D eigenvalue weighted by atomic mass is 16.5. The van der Waals surface area contributed by atoms with Crippen molar-refractivity contribution in [2.45, 2.75) is 26.8 Å². The summed E-state index contributed by atoms with van der Waals surface area (Å²) in [7, 11) is 0. The summed E-state index contributed by atoms with van der Waals surface area (Å²) in [5.41, 5.74) is 2.11. The fourth-order valence-electron chi connectivity index (χ4n) is 4.55. The number of ether oxygens (including phenoxy) is 2. The first-order valence-corrected chi connectivity index (χ1v) is 12.2. The van der Waals surface area contributed by atoms with Gasteiger partial charge in [-0.1, -0.05) is 19.9 Å². The lowest BCUT2D eigenvalue weighted by Gasteiger charge is -2.29. The standard InChI is InChI=1S/C27H33N3O5/c1-18(2)17-35-22-7-6-20(15-19(22)3)25(31)23-24(21-5-4-8-28-16-21)30(27(33)26(23)32)10-9-29-11-13-34-14-12-29/h4-8,15-16,18,24,31H,9-14,17H2,1-3H3/p+1. The highest BCUT2D eigenvalue weighted by Gasteiger charge is 2.46. The van der Waals surface area contributed by atoms with Crippen LogP contribution in [0.25, 0.3) is 5.76 Å². The van der Waals surface area contributed by atoms with Gasteiger partial charge in [0.05, 0.1) is 44.5 Å². The Morgan fingerprint density at radius 2 is 2.03 bits per heavy atom. The first-order valence-electron chi connectivity index (χ1n) is 12.2. The van der Waals surface area contributed by atoms with Crippen LogP contribution in [0.5, 0.6) is 5.75 Å². The summed E-state index contributed by atoms with van der Waals surface area (Å²) >= 11 is 0. The van der Waals surface area contributed by atoms with Crippen molar-refractivity contribution < 1.29 is 29.1 Å². The Kier molecular flexibility index (Phi) is 7.83. The van der Waals surface area contributed by atoms with Gasteiger partial charge in [-0.2, -0.15) is 0 Å². The molecule has 3 heterocycles. The summed E-state index contributed by atoms with van der Waals surface area (Å²) < 4.78 is 11.3. The zero-order valence-electron chi connectivity index (χ0n) is 20.6. The van der Waals surface area contributed by atoms with E-state index in [4.69, 9.17) is 9.47 Å². The van der Waals surface area contributed by atoms with E-state index in [9.17, 15) is 14.7 Å². The number of carbonyl (C=O) groups excluding carboxylic acids is 2. The van der Waals surface area contributed by atoms with E-state index in [0.717, 1.165) is 24.4 Å². The molecule has 0 saturated carbocycles. The number of aliphatic hydroxyl groups is 1. The Balaban J connectivity index is 1.67. The van der Waals surface area contributed by atoms with Crippen molar-refractivity contribution in [3.8, 4) is 5.75 Å². The van der Waals surface area contributed by atoms with Crippen LogP contribution in [0.1, 0.15) is 36.6 Å². The number of aliphatic hydroxyl groups excluding tert-OH is 1. The topological polar surface area (TPSA) is 93.4 Å². The molecule has 4 rings (SSSR count). The quantitative estimate of drug-likeness (QED) is 0.340. The number of aryl methyl sites for hydroxylation is 1. The van der Waals surface area contributed by atoms with Crippen molar-refractivity contribution >= 4 is 17.4 Å². The molecule has 2 aliphatic rings. The van der Waals surface area contributed by atoms with Crippen LogP contribution in [0, 0.1) is 12.8 Å². The molecule has 1 amide bonds. The predicted octanol–water partition coefficient (Wildman–Crippen LogP) is 1.76. The normalized spacial score (nSPS) is 20.6.